The Hall–Kier alpha value is -3.86. The second kappa shape index (κ2) is 10.4. The molecule has 0 unspecified atom stereocenters. The maximum Gasteiger partial charge on any atom is 0.335 e. The number of anilines is 1. The Bertz CT molecular complexity index is 1790. The molecular formula is C33H32ClFN4O5. The van der Waals surface area contributed by atoms with Gasteiger partial charge in [0, 0.05) is 43.7 Å². The summed E-state index contributed by atoms with van der Waals surface area (Å²) < 4.78 is 35.5. The fourth-order valence-electron chi connectivity index (χ4n) is 7.07. The number of para-hydroxylation sites is 1. The molecule has 2 saturated heterocycles. The van der Waals surface area contributed by atoms with Crippen LogP contribution in [0.1, 0.15) is 47.9 Å². The Kier molecular flexibility index (Phi) is 6.51. The van der Waals surface area contributed by atoms with Crippen LogP contribution in [0.3, 0.4) is 0 Å². The molecule has 228 valence electrons. The summed E-state index contributed by atoms with van der Waals surface area (Å²) in [4.78, 5) is 21.6. The van der Waals surface area contributed by atoms with Gasteiger partial charge >= 0.3 is 5.97 Å². The molecule has 3 fully saturated rings. The number of fused-ring (bicyclic) bond motifs is 3. The second-order valence-corrected chi connectivity index (χ2v) is 12.6. The Morgan fingerprint density at radius 3 is 2.66 bits per heavy atom. The van der Waals surface area contributed by atoms with Crippen LogP contribution in [0, 0.1) is 5.82 Å². The topological polar surface area (TPSA) is 89.3 Å². The van der Waals surface area contributed by atoms with E-state index in [0.29, 0.717) is 41.2 Å². The van der Waals surface area contributed by atoms with E-state index in [1.54, 1.807) is 37.3 Å². The van der Waals surface area contributed by atoms with Gasteiger partial charge in [-0.05, 0) is 67.8 Å². The molecule has 8 rings (SSSR count). The molecule has 44 heavy (non-hydrogen) atoms. The smallest absolute Gasteiger partial charge is 0.335 e. The molecule has 0 bridgehead atoms. The minimum atomic E-state index is -1.31. The van der Waals surface area contributed by atoms with E-state index < -0.39 is 17.6 Å². The van der Waals surface area contributed by atoms with Gasteiger partial charge in [0.1, 0.15) is 11.6 Å². The molecule has 11 heteroatoms. The zero-order chi connectivity index (χ0) is 30.2. The quantitative estimate of drug-likeness (QED) is 0.278. The third-order valence-electron chi connectivity index (χ3n) is 9.59. The summed E-state index contributed by atoms with van der Waals surface area (Å²) in [5.74, 6) is -0.593. The van der Waals surface area contributed by atoms with Crippen LogP contribution >= 0.6 is 11.6 Å². The lowest BCUT2D eigenvalue weighted by Gasteiger charge is -2.54. The molecule has 0 radical (unpaired) electrons. The van der Waals surface area contributed by atoms with E-state index >= 15 is 0 Å². The summed E-state index contributed by atoms with van der Waals surface area (Å²) in [6, 6.07) is 16.1. The fourth-order valence-corrected chi connectivity index (χ4v) is 7.23. The van der Waals surface area contributed by atoms with Crippen molar-refractivity contribution in [2.45, 2.75) is 63.3 Å². The summed E-state index contributed by atoms with van der Waals surface area (Å²) >= 11 is 6.00. The van der Waals surface area contributed by atoms with Gasteiger partial charge in [-0.3, -0.25) is 4.90 Å². The van der Waals surface area contributed by atoms with Crippen molar-refractivity contribution < 1.29 is 28.5 Å². The number of rotatable bonds is 7. The van der Waals surface area contributed by atoms with Crippen molar-refractivity contribution >= 4 is 34.3 Å². The number of carboxylic acid groups (broad SMARTS) is 1. The summed E-state index contributed by atoms with van der Waals surface area (Å²) in [6.45, 7) is 5.40. The fraction of sp³-hybridized carbons (Fsp3) is 0.394. The summed E-state index contributed by atoms with van der Waals surface area (Å²) in [5.41, 5.74) is 3.12. The molecule has 4 heterocycles. The van der Waals surface area contributed by atoms with Gasteiger partial charge in [0.15, 0.2) is 11.5 Å². The molecule has 1 saturated carbocycles. The van der Waals surface area contributed by atoms with Gasteiger partial charge in [0.25, 0.3) is 5.79 Å². The van der Waals surface area contributed by atoms with E-state index in [4.69, 9.17) is 30.8 Å². The standard InChI is InChI=1S/C33H32ClFN4O5/c1-33(22-7-6-20(34)16-23(22)35)43-29-4-2-3-27(31(29)44-33)38-13-12-37(25-9-10-26(25)38)18-30-36-24-8-5-19(32(40)41)15-28(24)39(30)17-21-11-14-42-21/h2-8,15-16,21,25-26H,9-14,17-18H2,1H3,(H,40,41)/t21-,25+,26+,33+/m0/s1. The Morgan fingerprint density at radius 1 is 1.09 bits per heavy atom. The van der Waals surface area contributed by atoms with Gasteiger partial charge in [0.2, 0.25) is 0 Å². The highest BCUT2D eigenvalue weighted by atomic mass is 35.5. The highest BCUT2D eigenvalue weighted by molar-refractivity contribution is 6.30. The first kappa shape index (κ1) is 27.7. The van der Waals surface area contributed by atoms with Gasteiger partial charge in [-0.15, -0.1) is 0 Å². The van der Waals surface area contributed by atoms with Gasteiger partial charge in [-0.2, -0.15) is 0 Å². The molecule has 1 N–H and O–H groups in total. The summed E-state index contributed by atoms with van der Waals surface area (Å²) in [6.07, 6.45) is 3.21. The average Bonchev–Trinajstić information content (AvgIpc) is 3.47. The van der Waals surface area contributed by atoms with E-state index in [0.717, 1.165) is 61.5 Å². The third kappa shape index (κ3) is 4.50. The largest absolute Gasteiger partial charge is 0.478 e. The van der Waals surface area contributed by atoms with Crippen LogP contribution in [0.2, 0.25) is 5.02 Å². The molecule has 4 aromatic rings. The van der Waals surface area contributed by atoms with Crippen LogP contribution < -0.4 is 14.4 Å². The number of ether oxygens (including phenoxy) is 3. The molecule has 3 aromatic carbocycles. The predicted octanol–water partition coefficient (Wildman–Crippen LogP) is 5.81. The molecule has 1 aliphatic carbocycles. The maximum absolute atomic E-state index is 14.9. The van der Waals surface area contributed by atoms with E-state index in [1.807, 2.05) is 12.1 Å². The van der Waals surface area contributed by atoms with Crippen LogP contribution in [0.5, 0.6) is 11.5 Å². The first-order chi connectivity index (χ1) is 21.3. The van der Waals surface area contributed by atoms with Crippen molar-refractivity contribution in [3.63, 3.8) is 0 Å². The molecule has 1 aromatic heterocycles. The zero-order valence-electron chi connectivity index (χ0n) is 24.2. The Labute approximate surface area is 258 Å². The van der Waals surface area contributed by atoms with E-state index in [9.17, 15) is 14.3 Å². The highest BCUT2D eigenvalue weighted by Crippen LogP contribution is 2.51. The number of benzene rings is 3. The van der Waals surface area contributed by atoms with Crippen LogP contribution in [-0.4, -0.2) is 63.4 Å². The average molecular weight is 619 g/mol. The van der Waals surface area contributed by atoms with Crippen molar-refractivity contribution in [1.82, 2.24) is 14.5 Å². The number of hydrogen-bond donors (Lipinski definition) is 1. The number of aromatic nitrogens is 2. The van der Waals surface area contributed by atoms with Crippen molar-refractivity contribution in [1.29, 1.82) is 0 Å². The minimum absolute atomic E-state index is 0.113. The molecule has 0 spiro atoms. The first-order valence-corrected chi connectivity index (χ1v) is 15.5. The minimum Gasteiger partial charge on any atom is -0.478 e. The number of halogens is 2. The number of nitrogens with zero attached hydrogens (tertiary/aromatic N) is 4. The third-order valence-corrected chi connectivity index (χ3v) is 9.82. The molecule has 3 aliphatic heterocycles. The van der Waals surface area contributed by atoms with E-state index in [1.165, 1.54) is 6.07 Å². The van der Waals surface area contributed by atoms with E-state index in [2.05, 4.69) is 20.4 Å². The lowest BCUT2D eigenvalue weighted by molar-refractivity contribution is -0.0706. The van der Waals surface area contributed by atoms with Crippen LogP contribution in [-0.2, 0) is 23.6 Å². The number of imidazole rings is 1. The van der Waals surface area contributed by atoms with Crippen molar-refractivity contribution in [3.8, 4) is 11.5 Å². The number of piperazine rings is 1. The molecule has 9 nitrogen and oxygen atoms in total. The Balaban J connectivity index is 1.05. The Morgan fingerprint density at radius 2 is 1.93 bits per heavy atom. The van der Waals surface area contributed by atoms with Crippen LogP contribution in [0.4, 0.5) is 10.1 Å². The summed E-state index contributed by atoms with van der Waals surface area (Å²) in [7, 11) is 0. The highest BCUT2D eigenvalue weighted by Gasteiger charge is 2.47. The number of carboxylic acids is 1. The monoisotopic (exact) mass is 618 g/mol. The van der Waals surface area contributed by atoms with Crippen LogP contribution in [0.25, 0.3) is 11.0 Å². The lowest BCUT2D eigenvalue weighted by atomic mass is 9.81. The molecule has 4 aliphatic rings. The summed E-state index contributed by atoms with van der Waals surface area (Å²) in [5, 5.41) is 9.91. The van der Waals surface area contributed by atoms with Crippen molar-refractivity contribution in [2.24, 2.45) is 0 Å². The zero-order valence-corrected chi connectivity index (χ0v) is 25.0. The molecular weight excluding hydrogens is 587 g/mol. The van der Waals surface area contributed by atoms with Crippen molar-refractivity contribution in [3.05, 3.63) is 82.4 Å². The first-order valence-electron chi connectivity index (χ1n) is 15.1. The van der Waals surface area contributed by atoms with Gasteiger partial charge < -0.3 is 28.8 Å². The second-order valence-electron chi connectivity index (χ2n) is 12.2. The van der Waals surface area contributed by atoms with Crippen molar-refractivity contribution in [2.75, 3.05) is 24.6 Å². The molecule has 0 amide bonds. The maximum atomic E-state index is 14.9. The van der Waals surface area contributed by atoms with Gasteiger partial charge in [-0.1, -0.05) is 17.7 Å². The number of aromatic carboxylic acids is 1. The number of carbonyl (C=O) groups is 1. The van der Waals surface area contributed by atoms with E-state index in [-0.39, 0.29) is 17.7 Å². The molecule has 4 atom stereocenters. The van der Waals surface area contributed by atoms with Gasteiger partial charge in [0.05, 0.1) is 47.0 Å². The normalized spacial score (nSPS) is 25.9. The van der Waals surface area contributed by atoms with Gasteiger partial charge in [-0.25, -0.2) is 14.2 Å². The number of hydrogen-bond acceptors (Lipinski definition) is 7. The van der Waals surface area contributed by atoms with Crippen LogP contribution in [0.15, 0.2) is 54.6 Å². The lowest BCUT2D eigenvalue weighted by Crippen LogP contribution is -2.64. The SMILES string of the molecule is C[C@@]1(c2ccc(Cl)cc2F)Oc2cccc(N3CCN(Cc4nc5ccc(C(=O)O)cc5n4C[C@@H]4CCO4)[C@@H]4CC[C@H]43)c2O1. The predicted molar refractivity (Wildman–Crippen MR) is 162 cm³/mol.